The van der Waals surface area contributed by atoms with Crippen molar-refractivity contribution in [3.63, 3.8) is 0 Å². The van der Waals surface area contributed by atoms with Gasteiger partial charge in [0.25, 0.3) is 0 Å². The smallest absolute Gasteiger partial charge is 0.339 e. The van der Waals surface area contributed by atoms with Gasteiger partial charge in [0.15, 0.2) is 0 Å². The van der Waals surface area contributed by atoms with Gasteiger partial charge < -0.3 is 5.11 Å². The van der Waals surface area contributed by atoms with Gasteiger partial charge in [-0.3, -0.25) is 4.68 Å². The van der Waals surface area contributed by atoms with Gasteiger partial charge in [0.05, 0.1) is 6.20 Å². The number of nitrogens with zero attached hydrogens (tertiary/aromatic N) is 2. The maximum Gasteiger partial charge on any atom is 0.339 e. The molecule has 108 valence electrons. The maximum absolute atomic E-state index is 11.1. The van der Waals surface area contributed by atoms with E-state index in [1.54, 1.807) is 0 Å². The van der Waals surface area contributed by atoms with Gasteiger partial charge in [0.2, 0.25) is 0 Å². The Morgan fingerprint density at radius 1 is 1.30 bits per heavy atom. The molecular weight excluding hydrogens is 252 g/mol. The van der Waals surface area contributed by atoms with Crippen molar-refractivity contribution in [1.82, 2.24) is 9.78 Å². The first-order valence-corrected chi connectivity index (χ1v) is 7.80. The van der Waals surface area contributed by atoms with E-state index in [4.69, 9.17) is 5.11 Å². The normalized spacial score (nSPS) is 38.4. The minimum atomic E-state index is -0.862. The van der Waals surface area contributed by atoms with Crippen molar-refractivity contribution in [3.05, 3.63) is 17.5 Å². The van der Waals surface area contributed by atoms with E-state index in [1.165, 1.54) is 44.7 Å². The van der Waals surface area contributed by atoms with E-state index in [1.807, 2.05) is 11.6 Å². The fraction of sp³-hybridized carbons (Fsp3) is 0.750. The van der Waals surface area contributed by atoms with Crippen molar-refractivity contribution >= 4 is 5.97 Å². The molecule has 1 heterocycles. The Morgan fingerprint density at radius 2 is 1.85 bits per heavy atom. The molecule has 20 heavy (non-hydrogen) atoms. The highest BCUT2D eigenvalue weighted by molar-refractivity contribution is 5.88. The highest BCUT2D eigenvalue weighted by Gasteiger charge is 2.51. The Morgan fingerprint density at radius 3 is 2.30 bits per heavy atom. The minimum absolute atomic E-state index is 0.356. The fourth-order valence-electron chi connectivity index (χ4n) is 5.62. The predicted molar refractivity (Wildman–Crippen MR) is 74.5 cm³/mol. The minimum Gasteiger partial charge on any atom is -0.478 e. The molecule has 4 nitrogen and oxygen atoms in total. The second-order valence-electron chi connectivity index (χ2n) is 7.52. The van der Waals surface area contributed by atoms with Gasteiger partial charge in [-0.05, 0) is 68.6 Å². The van der Waals surface area contributed by atoms with Gasteiger partial charge in [0.1, 0.15) is 5.56 Å². The van der Waals surface area contributed by atoms with Crippen LogP contribution in [0.1, 0.15) is 54.6 Å². The average molecular weight is 274 g/mol. The van der Waals surface area contributed by atoms with E-state index in [9.17, 15) is 4.79 Å². The first-order valence-electron chi connectivity index (χ1n) is 7.80. The molecule has 4 bridgehead atoms. The highest BCUT2D eigenvalue weighted by Crippen LogP contribution is 2.60. The lowest BCUT2D eigenvalue weighted by atomic mass is 9.49. The zero-order chi connectivity index (χ0) is 13.9. The van der Waals surface area contributed by atoms with E-state index in [-0.39, 0.29) is 0 Å². The highest BCUT2D eigenvalue weighted by atomic mass is 16.4. The molecule has 0 aliphatic heterocycles. The van der Waals surface area contributed by atoms with Crippen LogP contribution in [0.2, 0.25) is 0 Å². The molecule has 0 atom stereocenters. The molecule has 0 unspecified atom stereocenters. The summed E-state index contributed by atoms with van der Waals surface area (Å²) in [5.41, 5.74) is 1.57. The van der Waals surface area contributed by atoms with Crippen LogP contribution in [0.5, 0.6) is 0 Å². The first-order chi connectivity index (χ1) is 9.55. The summed E-state index contributed by atoms with van der Waals surface area (Å²) in [5.74, 6) is 1.92. The van der Waals surface area contributed by atoms with Crippen molar-refractivity contribution in [1.29, 1.82) is 0 Å². The van der Waals surface area contributed by atoms with Crippen LogP contribution in [-0.4, -0.2) is 20.9 Å². The van der Waals surface area contributed by atoms with Crippen molar-refractivity contribution in [2.24, 2.45) is 23.2 Å². The van der Waals surface area contributed by atoms with Crippen molar-refractivity contribution in [3.8, 4) is 0 Å². The van der Waals surface area contributed by atoms with Gasteiger partial charge in [-0.15, -0.1) is 0 Å². The van der Waals surface area contributed by atoms with Gasteiger partial charge >= 0.3 is 5.97 Å². The van der Waals surface area contributed by atoms with Crippen LogP contribution in [-0.2, 0) is 6.54 Å². The summed E-state index contributed by atoms with van der Waals surface area (Å²) in [7, 11) is 0. The monoisotopic (exact) mass is 274 g/mol. The molecule has 0 radical (unpaired) electrons. The number of aromatic nitrogens is 2. The number of hydrogen-bond donors (Lipinski definition) is 1. The van der Waals surface area contributed by atoms with E-state index < -0.39 is 5.97 Å². The Hall–Kier alpha value is -1.32. The average Bonchev–Trinajstić information content (AvgIpc) is 2.68. The Labute approximate surface area is 119 Å². The molecular formula is C16H22N2O2. The zero-order valence-electron chi connectivity index (χ0n) is 12.0. The second kappa shape index (κ2) is 4.09. The lowest BCUT2D eigenvalue weighted by Gasteiger charge is -2.56. The van der Waals surface area contributed by atoms with Crippen LogP contribution >= 0.6 is 0 Å². The molecule has 4 aliphatic rings. The molecule has 1 aromatic rings. The van der Waals surface area contributed by atoms with Crippen LogP contribution in [0, 0.1) is 30.1 Å². The fourth-order valence-corrected chi connectivity index (χ4v) is 5.62. The number of carboxylic acids is 1. The number of aromatic carboxylic acids is 1. The van der Waals surface area contributed by atoms with Crippen LogP contribution in [0.3, 0.4) is 0 Å². The summed E-state index contributed by atoms with van der Waals surface area (Å²) in [6.45, 7) is 2.81. The number of hydrogen-bond acceptors (Lipinski definition) is 2. The zero-order valence-corrected chi connectivity index (χ0v) is 12.0. The summed E-state index contributed by atoms with van der Waals surface area (Å²) in [6, 6.07) is 0. The van der Waals surface area contributed by atoms with Gasteiger partial charge in [0, 0.05) is 12.2 Å². The third-order valence-electron chi connectivity index (χ3n) is 5.98. The first kappa shape index (κ1) is 12.4. The summed E-state index contributed by atoms with van der Waals surface area (Å²) in [6.07, 6.45) is 9.84. The SMILES string of the molecule is Cc1c(C(=O)O)cnn1CC12CC3CC(CC(C3)C1)C2. The van der Waals surface area contributed by atoms with E-state index in [0.29, 0.717) is 11.0 Å². The van der Waals surface area contributed by atoms with Crippen LogP contribution < -0.4 is 0 Å². The molecule has 4 heteroatoms. The van der Waals surface area contributed by atoms with Crippen molar-refractivity contribution in [2.75, 3.05) is 0 Å². The van der Waals surface area contributed by atoms with E-state index >= 15 is 0 Å². The molecule has 1 N–H and O–H groups in total. The largest absolute Gasteiger partial charge is 0.478 e. The predicted octanol–water partition coefficient (Wildman–Crippen LogP) is 3.11. The summed E-state index contributed by atoms with van der Waals surface area (Å²) in [4.78, 5) is 11.1. The van der Waals surface area contributed by atoms with Crippen molar-refractivity contribution in [2.45, 2.75) is 52.0 Å². The molecule has 0 aromatic carbocycles. The molecule has 4 saturated carbocycles. The van der Waals surface area contributed by atoms with E-state index in [0.717, 1.165) is 30.0 Å². The topological polar surface area (TPSA) is 55.1 Å². The molecule has 1 aromatic heterocycles. The Balaban J connectivity index is 1.61. The van der Waals surface area contributed by atoms with E-state index in [2.05, 4.69) is 5.10 Å². The Bertz CT molecular complexity index is 526. The third-order valence-corrected chi connectivity index (χ3v) is 5.98. The lowest BCUT2D eigenvalue weighted by molar-refractivity contribution is -0.0638. The summed E-state index contributed by atoms with van der Waals surface area (Å²) in [5, 5.41) is 13.5. The maximum atomic E-state index is 11.1. The van der Waals surface area contributed by atoms with Gasteiger partial charge in [-0.2, -0.15) is 5.10 Å². The summed E-state index contributed by atoms with van der Waals surface area (Å²) < 4.78 is 1.95. The van der Waals surface area contributed by atoms with Gasteiger partial charge in [-0.25, -0.2) is 4.79 Å². The number of carbonyl (C=O) groups is 1. The third kappa shape index (κ3) is 1.80. The molecule has 4 fully saturated rings. The Kier molecular flexibility index (Phi) is 2.54. The standard InChI is InChI=1S/C16H22N2O2/c1-10-14(15(19)20)8-17-18(10)9-16-5-11-2-12(6-16)4-13(3-11)7-16/h8,11-13H,2-7,9H2,1H3,(H,19,20). The number of carboxylic acid groups (broad SMARTS) is 1. The molecule has 0 saturated heterocycles. The summed E-state index contributed by atoms with van der Waals surface area (Å²) >= 11 is 0. The second-order valence-corrected chi connectivity index (χ2v) is 7.52. The van der Waals surface area contributed by atoms with Crippen LogP contribution in [0.25, 0.3) is 0 Å². The quantitative estimate of drug-likeness (QED) is 0.921. The van der Waals surface area contributed by atoms with Gasteiger partial charge in [-0.1, -0.05) is 0 Å². The van der Waals surface area contributed by atoms with Crippen molar-refractivity contribution < 1.29 is 9.90 Å². The lowest BCUT2D eigenvalue weighted by Crippen LogP contribution is -2.48. The molecule has 4 aliphatic carbocycles. The molecule has 0 amide bonds. The molecule has 5 rings (SSSR count). The molecule has 0 spiro atoms. The van der Waals surface area contributed by atoms with Crippen LogP contribution in [0.15, 0.2) is 6.20 Å². The number of rotatable bonds is 3. The van der Waals surface area contributed by atoms with Crippen LogP contribution in [0.4, 0.5) is 0 Å².